The minimum atomic E-state index is -0.544. The molecule has 7 heteroatoms. The number of nitrogens with zero attached hydrogens (tertiary/aromatic N) is 3. The van der Waals surface area contributed by atoms with Gasteiger partial charge in [0.15, 0.2) is 5.82 Å². The van der Waals surface area contributed by atoms with E-state index in [0.717, 1.165) is 17.1 Å². The summed E-state index contributed by atoms with van der Waals surface area (Å²) >= 11 is 0. The molecular weight excluding hydrogens is 354 g/mol. The summed E-state index contributed by atoms with van der Waals surface area (Å²) in [5, 5.41) is 9.61. The standard InChI is InChI=1S/C21H21N5O2/c1-13-8-9-16(12-14(13)2)26-18(11-10-17-20(27)24-21(28)22-17)23-19(25-26)15-6-4-3-5-7-15/h3-9,12,17H,10-11H2,1-2H3,(H2,22,24,27,28)/t17-/m1/s1. The second kappa shape index (κ2) is 7.26. The lowest BCUT2D eigenvalue weighted by atomic mass is 10.1. The van der Waals surface area contributed by atoms with E-state index in [2.05, 4.69) is 36.6 Å². The molecule has 0 saturated carbocycles. The third-order valence-corrected chi connectivity index (χ3v) is 4.96. The van der Waals surface area contributed by atoms with Crippen LogP contribution in [0.3, 0.4) is 0 Å². The lowest BCUT2D eigenvalue weighted by molar-refractivity contribution is -0.120. The molecule has 3 aromatic rings. The molecule has 1 atom stereocenters. The molecule has 2 heterocycles. The van der Waals surface area contributed by atoms with Crippen LogP contribution in [-0.2, 0) is 11.2 Å². The molecule has 142 valence electrons. The van der Waals surface area contributed by atoms with Crippen LogP contribution in [0.5, 0.6) is 0 Å². The summed E-state index contributed by atoms with van der Waals surface area (Å²) in [7, 11) is 0. The number of carbonyl (C=O) groups is 2. The summed E-state index contributed by atoms with van der Waals surface area (Å²) in [4.78, 5) is 27.9. The maximum absolute atomic E-state index is 11.8. The largest absolute Gasteiger partial charge is 0.326 e. The molecule has 3 amide bonds. The molecule has 1 fully saturated rings. The van der Waals surface area contributed by atoms with Crippen molar-refractivity contribution in [2.75, 3.05) is 0 Å². The van der Waals surface area contributed by atoms with Gasteiger partial charge in [-0.05, 0) is 43.5 Å². The molecule has 7 nitrogen and oxygen atoms in total. The van der Waals surface area contributed by atoms with Crippen LogP contribution >= 0.6 is 0 Å². The highest BCUT2D eigenvalue weighted by Gasteiger charge is 2.29. The Bertz CT molecular complexity index is 1040. The molecule has 1 aliphatic heterocycles. The van der Waals surface area contributed by atoms with Crippen molar-refractivity contribution < 1.29 is 9.59 Å². The molecular formula is C21H21N5O2. The molecule has 28 heavy (non-hydrogen) atoms. The molecule has 1 aliphatic rings. The van der Waals surface area contributed by atoms with Crippen molar-refractivity contribution in [3.8, 4) is 17.1 Å². The molecule has 0 radical (unpaired) electrons. The first-order chi connectivity index (χ1) is 13.5. The van der Waals surface area contributed by atoms with Gasteiger partial charge >= 0.3 is 6.03 Å². The smallest absolute Gasteiger partial charge is 0.322 e. The third-order valence-electron chi connectivity index (χ3n) is 4.96. The van der Waals surface area contributed by atoms with E-state index in [0.29, 0.717) is 18.7 Å². The van der Waals surface area contributed by atoms with Crippen molar-refractivity contribution >= 4 is 11.9 Å². The first-order valence-electron chi connectivity index (χ1n) is 9.21. The predicted octanol–water partition coefficient (Wildman–Crippen LogP) is 2.69. The maximum Gasteiger partial charge on any atom is 0.322 e. The fourth-order valence-corrected chi connectivity index (χ4v) is 3.22. The van der Waals surface area contributed by atoms with Gasteiger partial charge in [0.25, 0.3) is 5.91 Å². The van der Waals surface area contributed by atoms with E-state index in [1.54, 1.807) is 0 Å². The van der Waals surface area contributed by atoms with Crippen LogP contribution in [0.1, 0.15) is 23.4 Å². The van der Waals surface area contributed by atoms with Gasteiger partial charge in [0.1, 0.15) is 11.9 Å². The predicted molar refractivity (Wildman–Crippen MR) is 105 cm³/mol. The van der Waals surface area contributed by atoms with E-state index in [4.69, 9.17) is 10.1 Å². The number of hydrogen-bond acceptors (Lipinski definition) is 4. The van der Waals surface area contributed by atoms with Gasteiger partial charge in [-0.2, -0.15) is 0 Å². The fraction of sp³-hybridized carbons (Fsp3) is 0.238. The van der Waals surface area contributed by atoms with Gasteiger partial charge in [0.05, 0.1) is 5.69 Å². The second-order valence-corrected chi connectivity index (χ2v) is 6.95. The van der Waals surface area contributed by atoms with Crippen molar-refractivity contribution in [2.24, 2.45) is 0 Å². The van der Waals surface area contributed by atoms with Crippen molar-refractivity contribution in [1.82, 2.24) is 25.4 Å². The van der Waals surface area contributed by atoms with Gasteiger partial charge in [-0.3, -0.25) is 10.1 Å². The van der Waals surface area contributed by atoms with Gasteiger partial charge in [-0.1, -0.05) is 36.4 Å². The van der Waals surface area contributed by atoms with E-state index >= 15 is 0 Å². The quantitative estimate of drug-likeness (QED) is 0.671. The number of carbonyl (C=O) groups excluding carboxylic acids is 2. The zero-order chi connectivity index (χ0) is 19.7. The number of aromatic nitrogens is 3. The van der Waals surface area contributed by atoms with Crippen LogP contribution in [-0.4, -0.2) is 32.7 Å². The Kier molecular flexibility index (Phi) is 4.65. The molecule has 0 unspecified atom stereocenters. The number of imide groups is 1. The summed E-state index contributed by atoms with van der Waals surface area (Å²) in [6.45, 7) is 4.13. The number of rotatable bonds is 5. The number of hydrogen-bond donors (Lipinski definition) is 2. The zero-order valence-electron chi connectivity index (χ0n) is 15.8. The van der Waals surface area contributed by atoms with Crippen LogP contribution in [0.15, 0.2) is 48.5 Å². The van der Waals surface area contributed by atoms with Crippen LogP contribution < -0.4 is 10.6 Å². The Morgan fingerprint density at radius 2 is 1.82 bits per heavy atom. The maximum atomic E-state index is 11.8. The molecule has 1 saturated heterocycles. The Morgan fingerprint density at radius 3 is 2.50 bits per heavy atom. The molecule has 4 rings (SSSR count). The Morgan fingerprint density at radius 1 is 1.04 bits per heavy atom. The van der Waals surface area contributed by atoms with Crippen molar-refractivity contribution in [2.45, 2.75) is 32.7 Å². The van der Waals surface area contributed by atoms with E-state index in [9.17, 15) is 9.59 Å². The molecule has 1 aromatic heterocycles. The van der Waals surface area contributed by atoms with Gasteiger partial charge in [0.2, 0.25) is 0 Å². The lowest BCUT2D eigenvalue weighted by Gasteiger charge is -2.10. The number of benzene rings is 2. The highest BCUT2D eigenvalue weighted by molar-refractivity contribution is 6.04. The minimum Gasteiger partial charge on any atom is -0.326 e. The lowest BCUT2D eigenvalue weighted by Crippen LogP contribution is -2.29. The Balaban J connectivity index is 1.68. The van der Waals surface area contributed by atoms with E-state index < -0.39 is 12.1 Å². The number of aryl methyl sites for hydroxylation is 3. The van der Waals surface area contributed by atoms with Gasteiger partial charge in [0, 0.05) is 12.0 Å². The van der Waals surface area contributed by atoms with Gasteiger partial charge in [-0.15, -0.1) is 5.10 Å². The first-order valence-corrected chi connectivity index (χ1v) is 9.21. The molecule has 0 aliphatic carbocycles. The average molecular weight is 375 g/mol. The summed E-state index contributed by atoms with van der Waals surface area (Å²) in [6, 6.07) is 14.9. The average Bonchev–Trinajstić information content (AvgIpc) is 3.25. The van der Waals surface area contributed by atoms with Gasteiger partial charge < -0.3 is 5.32 Å². The van der Waals surface area contributed by atoms with Crippen LogP contribution in [0.2, 0.25) is 0 Å². The molecule has 2 aromatic carbocycles. The monoisotopic (exact) mass is 375 g/mol. The van der Waals surface area contributed by atoms with Crippen LogP contribution in [0.25, 0.3) is 17.1 Å². The minimum absolute atomic E-state index is 0.300. The van der Waals surface area contributed by atoms with Crippen molar-refractivity contribution in [1.29, 1.82) is 0 Å². The second-order valence-electron chi connectivity index (χ2n) is 6.95. The van der Waals surface area contributed by atoms with Crippen LogP contribution in [0.4, 0.5) is 4.79 Å². The van der Waals surface area contributed by atoms with Crippen LogP contribution in [0, 0.1) is 13.8 Å². The first kappa shape index (κ1) is 17.9. The summed E-state index contributed by atoms with van der Waals surface area (Å²) in [5.74, 6) is 1.08. The summed E-state index contributed by atoms with van der Waals surface area (Å²) < 4.78 is 1.82. The van der Waals surface area contributed by atoms with E-state index in [1.807, 2.05) is 41.1 Å². The van der Waals surface area contributed by atoms with E-state index in [1.165, 1.54) is 11.1 Å². The highest BCUT2D eigenvalue weighted by Crippen LogP contribution is 2.21. The normalized spacial score (nSPS) is 16.1. The fourth-order valence-electron chi connectivity index (χ4n) is 3.22. The molecule has 0 spiro atoms. The van der Waals surface area contributed by atoms with Gasteiger partial charge in [-0.25, -0.2) is 14.5 Å². The van der Waals surface area contributed by atoms with E-state index in [-0.39, 0.29) is 5.91 Å². The van der Waals surface area contributed by atoms with Crippen molar-refractivity contribution in [3.63, 3.8) is 0 Å². The highest BCUT2D eigenvalue weighted by atomic mass is 16.2. The summed E-state index contributed by atoms with van der Waals surface area (Å²) in [5.41, 5.74) is 4.23. The van der Waals surface area contributed by atoms with Crippen molar-refractivity contribution in [3.05, 3.63) is 65.5 Å². The Hall–Kier alpha value is -3.48. The Labute approximate surface area is 162 Å². The summed E-state index contributed by atoms with van der Waals surface area (Å²) in [6.07, 6.45) is 0.959. The number of amides is 3. The number of urea groups is 1. The SMILES string of the molecule is Cc1ccc(-n2nc(-c3ccccc3)nc2CC[C@H]2NC(=O)NC2=O)cc1C. The number of nitrogens with one attached hydrogen (secondary N) is 2. The third kappa shape index (κ3) is 3.51. The molecule has 2 N–H and O–H groups in total. The zero-order valence-corrected chi connectivity index (χ0v) is 15.8. The topological polar surface area (TPSA) is 88.9 Å². The molecule has 0 bridgehead atoms.